The van der Waals surface area contributed by atoms with Gasteiger partial charge in [0.1, 0.15) is 6.10 Å². The van der Waals surface area contributed by atoms with Gasteiger partial charge in [-0.2, -0.15) is 0 Å². The van der Waals surface area contributed by atoms with Crippen LogP contribution >= 0.6 is 0 Å². The summed E-state index contributed by atoms with van der Waals surface area (Å²) in [6.07, 6.45) is -1.27. The lowest BCUT2D eigenvalue weighted by Gasteiger charge is -2.22. The lowest BCUT2D eigenvalue weighted by Crippen LogP contribution is -2.31. The maximum absolute atomic E-state index is 9.36. The number of rotatable bonds is 2. The van der Waals surface area contributed by atoms with E-state index in [0.29, 0.717) is 5.56 Å². The summed E-state index contributed by atoms with van der Waals surface area (Å²) in [6.45, 7) is 1.14. The molecule has 0 aliphatic heterocycles. The minimum Gasteiger partial charge on any atom is -0.383 e. The normalized spacial score (nSPS) is 14.3. The van der Waals surface area contributed by atoms with E-state index in [4.69, 9.17) is 10.2 Å². The quantitative estimate of drug-likeness (QED) is 0.561. The highest BCUT2D eigenvalue weighted by Crippen LogP contribution is 2.22. The fourth-order valence-corrected chi connectivity index (χ4v) is 0.951. The zero-order valence-electron chi connectivity index (χ0n) is 6.81. The number of aliphatic hydroxyl groups excluding tert-OH is 1. The molecule has 66 valence electrons. The minimum absolute atomic E-state index is 0.491. The van der Waals surface area contributed by atoms with Crippen LogP contribution in [0.1, 0.15) is 18.6 Å². The van der Waals surface area contributed by atoms with Crippen molar-refractivity contribution in [2.75, 3.05) is 0 Å². The molecule has 0 aromatic heterocycles. The van der Waals surface area contributed by atoms with Crippen LogP contribution in [0.25, 0.3) is 0 Å². The Kier molecular flexibility index (Phi) is 2.47. The van der Waals surface area contributed by atoms with E-state index in [1.165, 1.54) is 0 Å². The van der Waals surface area contributed by atoms with Crippen LogP contribution in [0.4, 0.5) is 0 Å². The lowest BCUT2D eigenvalue weighted by atomic mass is 10.0. The zero-order chi connectivity index (χ0) is 9.19. The molecule has 0 amide bonds. The van der Waals surface area contributed by atoms with E-state index in [1.54, 1.807) is 30.3 Å². The van der Waals surface area contributed by atoms with Crippen molar-refractivity contribution in [2.24, 2.45) is 0 Å². The van der Waals surface area contributed by atoms with Gasteiger partial charge in [0, 0.05) is 0 Å². The number of benzene rings is 1. The standard InChI is InChI=1S/C9H12O3/c1-9(11,12)8(10)7-5-3-2-4-6-7/h2-6,8,10-12H,1H3. The van der Waals surface area contributed by atoms with Gasteiger partial charge in [0.15, 0.2) is 5.79 Å². The van der Waals surface area contributed by atoms with Gasteiger partial charge >= 0.3 is 0 Å². The van der Waals surface area contributed by atoms with E-state index in [-0.39, 0.29) is 0 Å². The highest BCUT2D eigenvalue weighted by molar-refractivity contribution is 5.18. The van der Waals surface area contributed by atoms with E-state index < -0.39 is 11.9 Å². The van der Waals surface area contributed by atoms with Gasteiger partial charge in [0.25, 0.3) is 0 Å². The molecule has 1 atom stereocenters. The zero-order valence-corrected chi connectivity index (χ0v) is 6.81. The molecule has 0 fully saturated rings. The summed E-state index contributed by atoms with van der Waals surface area (Å²) in [7, 11) is 0. The van der Waals surface area contributed by atoms with E-state index >= 15 is 0 Å². The van der Waals surface area contributed by atoms with Gasteiger partial charge in [0.05, 0.1) is 0 Å². The van der Waals surface area contributed by atoms with Gasteiger partial charge in [-0.25, -0.2) is 0 Å². The first-order chi connectivity index (χ1) is 5.52. The fraction of sp³-hybridized carbons (Fsp3) is 0.333. The molecule has 1 rings (SSSR count). The smallest absolute Gasteiger partial charge is 0.190 e. The molecule has 0 spiro atoms. The molecule has 0 radical (unpaired) electrons. The second kappa shape index (κ2) is 3.23. The minimum atomic E-state index is -2.08. The van der Waals surface area contributed by atoms with Crippen molar-refractivity contribution >= 4 is 0 Å². The van der Waals surface area contributed by atoms with E-state index in [0.717, 1.165) is 6.92 Å². The van der Waals surface area contributed by atoms with Gasteiger partial charge in [-0.1, -0.05) is 30.3 Å². The number of hydrogen-bond donors (Lipinski definition) is 3. The Labute approximate surface area is 70.9 Å². The summed E-state index contributed by atoms with van der Waals surface area (Å²) < 4.78 is 0. The summed E-state index contributed by atoms with van der Waals surface area (Å²) in [5, 5.41) is 27.4. The van der Waals surface area contributed by atoms with Crippen molar-refractivity contribution in [3.8, 4) is 0 Å². The second-order valence-electron chi connectivity index (χ2n) is 2.91. The van der Waals surface area contributed by atoms with E-state index in [9.17, 15) is 5.11 Å². The molecule has 1 aromatic rings. The van der Waals surface area contributed by atoms with Crippen molar-refractivity contribution in [3.63, 3.8) is 0 Å². The molecule has 0 saturated heterocycles. The summed E-state index contributed by atoms with van der Waals surface area (Å²) in [5.74, 6) is -2.08. The molecule has 0 saturated carbocycles. The number of aliphatic hydroxyl groups is 3. The van der Waals surface area contributed by atoms with Crippen molar-refractivity contribution < 1.29 is 15.3 Å². The largest absolute Gasteiger partial charge is 0.383 e. The molecule has 3 nitrogen and oxygen atoms in total. The van der Waals surface area contributed by atoms with Crippen molar-refractivity contribution in [2.45, 2.75) is 18.8 Å². The molecule has 0 bridgehead atoms. The summed E-state index contributed by atoms with van der Waals surface area (Å²) in [4.78, 5) is 0. The average molecular weight is 168 g/mol. The van der Waals surface area contributed by atoms with Crippen LogP contribution in [-0.4, -0.2) is 21.1 Å². The van der Waals surface area contributed by atoms with E-state index in [2.05, 4.69) is 0 Å². The Balaban J connectivity index is 2.86. The van der Waals surface area contributed by atoms with Crippen LogP contribution in [0, 0.1) is 0 Å². The molecular formula is C9H12O3. The summed E-state index contributed by atoms with van der Waals surface area (Å²) in [5.41, 5.74) is 0.491. The highest BCUT2D eigenvalue weighted by Gasteiger charge is 2.27. The Bertz CT molecular complexity index is 238. The predicted molar refractivity (Wildman–Crippen MR) is 44.2 cm³/mol. The van der Waals surface area contributed by atoms with Gasteiger partial charge in [0.2, 0.25) is 0 Å². The maximum Gasteiger partial charge on any atom is 0.190 e. The fourth-order valence-electron chi connectivity index (χ4n) is 0.951. The maximum atomic E-state index is 9.36. The lowest BCUT2D eigenvalue weighted by molar-refractivity contribution is -0.214. The van der Waals surface area contributed by atoms with Gasteiger partial charge in [-0.15, -0.1) is 0 Å². The molecule has 0 heterocycles. The van der Waals surface area contributed by atoms with Gasteiger partial charge < -0.3 is 15.3 Å². The Morgan fingerprint density at radius 2 is 1.67 bits per heavy atom. The summed E-state index contributed by atoms with van der Waals surface area (Å²) >= 11 is 0. The van der Waals surface area contributed by atoms with E-state index in [1.807, 2.05) is 0 Å². The van der Waals surface area contributed by atoms with Gasteiger partial charge in [-0.3, -0.25) is 0 Å². The van der Waals surface area contributed by atoms with Crippen molar-refractivity contribution in [1.82, 2.24) is 0 Å². The molecule has 0 aliphatic rings. The third-order valence-electron chi connectivity index (χ3n) is 1.63. The first-order valence-corrected chi connectivity index (χ1v) is 3.69. The number of hydrogen-bond acceptors (Lipinski definition) is 3. The molecule has 12 heavy (non-hydrogen) atoms. The van der Waals surface area contributed by atoms with Crippen LogP contribution in [-0.2, 0) is 0 Å². The Morgan fingerprint density at radius 3 is 2.08 bits per heavy atom. The highest BCUT2D eigenvalue weighted by atomic mass is 16.5. The summed E-state index contributed by atoms with van der Waals surface area (Å²) in [6, 6.07) is 8.52. The molecule has 1 unspecified atom stereocenters. The third kappa shape index (κ3) is 2.04. The molecule has 0 aliphatic carbocycles. The average Bonchev–Trinajstić information content (AvgIpc) is 2.03. The molecule has 3 N–H and O–H groups in total. The monoisotopic (exact) mass is 168 g/mol. The predicted octanol–water partition coefficient (Wildman–Crippen LogP) is 0.421. The van der Waals surface area contributed by atoms with Crippen LogP contribution in [0.3, 0.4) is 0 Å². The van der Waals surface area contributed by atoms with Crippen LogP contribution < -0.4 is 0 Å². The topological polar surface area (TPSA) is 60.7 Å². The Morgan fingerprint density at radius 1 is 1.17 bits per heavy atom. The Hall–Kier alpha value is -0.900. The second-order valence-corrected chi connectivity index (χ2v) is 2.91. The van der Waals surface area contributed by atoms with Crippen LogP contribution in [0.2, 0.25) is 0 Å². The van der Waals surface area contributed by atoms with Crippen LogP contribution in [0.15, 0.2) is 30.3 Å². The van der Waals surface area contributed by atoms with Gasteiger partial charge in [-0.05, 0) is 12.5 Å². The molecular weight excluding hydrogens is 156 g/mol. The van der Waals surface area contributed by atoms with Crippen LogP contribution in [0.5, 0.6) is 0 Å². The first kappa shape index (κ1) is 9.19. The molecule has 3 heteroatoms. The SMILES string of the molecule is CC(O)(O)C(O)c1ccccc1. The van der Waals surface area contributed by atoms with Crippen molar-refractivity contribution in [3.05, 3.63) is 35.9 Å². The van der Waals surface area contributed by atoms with Crippen molar-refractivity contribution in [1.29, 1.82) is 0 Å². The first-order valence-electron chi connectivity index (χ1n) is 3.69. The molecule has 1 aromatic carbocycles. The third-order valence-corrected chi connectivity index (χ3v) is 1.63.